The molecule has 0 fully saturated rings. The Labute approximate surface area is 101 Å². The summed E-state index contributed by atoms with van der Waals surface area (Å²) in [6.45, 7) is 0. The lowest BCUT2D eigenvalue weighted by Gasteiger charge is -2.12. The third-order valence-corrected chi connectivity index (χ3v) is 2.53. The lowest BCUT2D eigenvalue weighted by molar-refractivity contribution is -0.137. The smallest absolute Gasteiger partial charge is 0.296 e. The number of aldehydes is 1. The highest BCUT2D eigenvalue weighted by atomic mass is 19.4. The van der Waals surface area contributed by atoms with Gasteiger partial charge in [-0.05, 0) is 12.1 Å². The largest absolute Gasteiger partial charge is 0.417 e. The van der Waals surface area contributed by atoms with Crippen LogP contribution in [0.2, 0.25) is 0 Å². The number of rotatable bonds is 2. The number of hydrogen-bond donors (Lipinski definition) is 0. The number of nitrogens with zero attached hydrogens (tertiary/aromatic N) is 2. The fourth-order valence-corrected chi connectivity index (χ4v) is 1.75. The Morgan fingerprint density at radius 1 is 1.28 bits per heavy atom. The van der Waals surface area contributed by atoms with Crippen LogP contribution in [0.15, 0.2) is 30.3 Å². The molecule has 0 spiro atoms. The normalized spacial score (nSPS) is 11.6. The van der Waals surface area contributed by atoms with Crippen LogP contribution < -0.4 is 0 Å². The zero-order chi connectivity index (χ0) is 13.3. The van der Waals surface area contributed by atoms with Gasteiger partial charge in [0.25, 0.3) is 0 Å². The van der Waals surface area contributed by atoms with Crippen LogP contribution in [0.3, 0.4) is 0 Å². The number of aromatic nitrogens is 2. The first kappa shape index (κ1) is 12.3. The van der Waals surface area contributed by atoms with Crippen LogP contribution in [0.1, 0.15) is 16.1 Å². The highest BCUT2D eigenvalue weighted by molar-refractivity contribution is 5.76. The van der Waals surface area contributed by atoms with Gasteiger partial charge in [0.05, 0.1) is 11.3 Å². The van der Waals surface area contributed by atoms with Crippen LogP contribution >= 0.6 is 0 Å². The Hall–Kier alpha value is -2.11. The Morgan fingerprint density at radius 2 is 1.94 bits per heavy atom. The number of benzene rings is 1. The molecule has 0 saturated carbocycles. The van der Waals surface area contributed by atoms with Gasteiger partial charge in [-0.25, -0.2) is 0 Å². The lowest BCUT2D eigenvalue weighted by atomic mass is 10.0. The minimum atomic E-state index is -4.44. The number of alkyl halides is 3. The van der Waals surface area contributed by atoms with E-state index in [1.54, 1.807) is 0 Å². The number of halogens is 3. The van der Waals surface area contributed by atoms with E-state index in [-0.39, 0.29) is 17.0 Å². The molecule has 1 aromatic carbocycles. The molecule has 0 amide bonds. The molecule has 94 valence electrons. The molecule has 0 saturated heterocycles. The van der Waals surface area contributed by atoms with Crippen LogP contribution in [-0.2, 0) is 13.2 Å². The summed E-state index contributed by atoms with van der Waals surface area (Å²) in [4.78, 5) is 10.6. The van der Waals surface area contributed by atoms with Crippen LogP contribution in [-0.4, -0.2) is 16.1 Å². The van der Waals surface area contributed by atoms with Crippen molar-refractivity contribution in [3.63, 3.8) is 0 Å². The average molecular weight is 254 g/mol. The first-order valence-corrected chi connectivity index (χ1v) is 5.09. The van der Waals surface area contributed by atoms with Crippen molar-refractivity contribution in [3.8, 4) is 11.3 Å². The Morgan fingerprint density at radius 3 is 2.50 bits per heavy atom. The highest BCUT2D eigenvalue weighted by Crippen LogP contribution is 2.36. The van der Waals surface area contributed by atoms with E-state index in [1.807, 2.05) is 0 Å². The maximum Gasteiger partial charge on any atom is 0.417 e. The van der Waals surface area contributed by atoms with E-state index in [0.29, 0.717) is 6.29 Å². The molecule has 0 bridgehead atoms. The standard InChI is InChI=1S/C12H9F3N2O/c1-17-11(6-8(7-18)16-17)9-4-2-3-5-10(9)12(13,14)15/h2-7H,1H3. The summed E-state index contributed by atoms with van der Waals surface area (Å²) >= 11 is 0. The van der Waals surface area contributed by atoms with Gasteiger partial charge >= 0.3 is 6.18 Å². The third-order valence-electron chi connectivity index (χ3n) is 2.53. The second-order valence-corrected chi connectivity index (χ2v) is 3.74. The van der Waals surface area contributed by atoms with Crippen molar-refractivity contribution >= 4 is 6.29 Å². The summed E-state index contributed by atoms with van der Waals surface area (Å²) in [5.41, 5.74) is -0.381. The summed E-state index contributed by atoms with van der Waals surface area (Å²) in [5.74, 6) is 0. The molecule has 0 aliphatic heterocycles. The van der Waals surface area contributed by atoms with Gasteiger partial charge in [-0.3, -0.25) is 9.48 Å². The molecule has 1 aromatic heterocycles. The van der Waals surface area contributed by atoms with Gasteiger partial charge in [-0.1, -0.05) is 18.2 Å². The van der Waals surface area contributed by atoms with Crippen molar-refractivity contribution in [2.45, 2.75) is 6.18 Å². The van der Waals surface area contributed by atoms with Crippen LogP contribution in [0, 0.1) is 0 Å². The monoisotopic (exact) mass is 254 g/mol. The second-order valence-electron chi connectivity index (χ2n) is 3.74. The molecule has 0 aliphatic carbocycles. The summed E-state index contributed by atoms with van der Waals surface area (Å²) in [6, 6.07) is 6.52. The van der Waals surface area contributed by atoms with Gasteiger partial charge in [0.2, 0.25) is 0 Å². The quantitative estimate of drug-likeness (QED) is 0.772. The number of aryl methyl sites for hydroxylation is 1. The molecular weight excluding hydrogens is 245 g/mol. The Kier molecular flexibility index (Phi) is 2.94. The average Bonchev–Trinajstić information content (AvgIpc) is 2.69. The molecule has 0 atom stereocenters. The van der Waals surface area contributed by atoms with E-state index >= 15 is 0 Å². The molecule has 6 heteroatoms. The van der Waals surface area contributed by atoms with Gasteiger partial charge in [0.15, 0.2) is 6.29 Å². The van der Waals surface area contributed by atoms with Crippen molar-refractivity contribution in [1.82, 2.24) is 9.78 Å². The molecular formula is C12H9F3N2O. The van der Waals surface area contributed by atoms with Gasteiger partial charge < -0.3 is 0 Å². The summed E-state index contributed by atoms with van der Waals surface area (Å²) in [7, 11) is 1.50. The maximum absolute atomic E-state index is 12.9. The van der Waals surface area contributed by atoms with E-state index in [4.69, 9.17) is 0 Å². The van der Waals surface area contributed by atoms with E-state index in [0.717, 1.165) is 6.07 Å². The van der Waals surface area contributed by atoms with E-state index in [2.05, 4.69) is 5.10 Å². The van der Waals surface area contributed by atoms with Gasteiger partial charge in [0, 0.05) is 12.6 Å². The number of carbonyl (C=O) groups excluding carboxylic acids is 1. The molecule has 0 N–H and O–H groups in total. The van der Waals surface area contributed by atoms with Crippen molar-refractivity contribution in [3.05, 3.63) is 41.6 Å². The molecule has 2 rings (SSSR count). The first-order valence-electron chi connectivity index (χ1n) is 5.09. The molecule has 18 heavy (non-hydrogen) atoms. The Bertz CT molecular complexity index is 587. The van der Waals surface area contributed by atoms with Gasteiger partial charge in [0.1, 0.15) is 5.69 Å². The van der Waals surface area contributed by atoms with E-state index in [1.165, 1.54) is 36.0 Å². The zero-order valence-corrected chi connectivity index (χ0v) is 9.40. The van der Waals surface area contributed by atoms with Crippen molar-refractivity contribution in [2.24, 2.45) is 7.05 Å². The summed E-state index contributed by atoms with van der Waals surface area (Å²) in [5, 5.41) is 3.81. The summed E-state index contributed by atoms with van der Waals surface area (Å²) in [6.07, 6.45) is -3.94. The van der Waals surface area contributed by atoms with Crippen LogP contribution in [0.25, 0.3) is 11.3 Å². The minimum Gasteiger partial charge on any atom is -0.296 e. The van der Waals surface area contributed by atoms with E-state index < -0.39 is 11.7 Å². The number of carbonyl (C=O) groups is 1. The number of hydrogen-bond acceptors (Lipinski definition) is 2. The molecule has 1 heterocycles. The van der Waals surface area contributed by atoms with Crippen molar-refractivity contribution in [2.75, 3.05) is 0 Å². The van der Waals surface area contributed by atoms with Crippen LogP contribution in [0.5, 0.6) is 0 Å². The second kappa shape index (κ2) is 4.29. The van der Waals surface area contributed by atoms with Crippen LogP contribution in [0.4, 0.5) is 13.2 Å². The SMILES string of the molecule is Cn1nc(C=O)cc1-c1ccccc1C(F)(F)F. The highest BCUT2D eigenvalue weighted by Gasteiger charge is 2.34. The molecule has 3 nitrogen and oxygen atoms in total. The minimum absolute atomic E-state index is 0.00750. The third kappa shape index (κ3) is 2.13. The fourth-order valence-electron chi connectivity index (χ4n) is 1.75. The maximum atomic E-state index is 12.9. The topological polar surface area (TPSA) is 34.9 Å². The molecule has 0 radical (unpaired) electrons. The predicted molar refractivity (Wildman–Crippen MR) is 59.0 cm³/mol. The fraction of sp³-hybridized carbons (Fsp3) is 0.167. The van der Waals surface area contributed by atoms with E-state index in [9.17, 15) is 18.0 Å². The first-order chi connectivity index (χ1) is 8.43. The van der Waals surface area contributed by atoms with Gasteiger partial charge in [-0.15, -0.1) is 0 Å². The zero-order valence-electron chi connectivity index (χ0n) is 9.40. The predicted octanol–water partition coefficient (Wildman–Crippen LogP) is 2.92. The summed E-state index contributed by atoms with van der Waals surface area (Å²) < 4.78 is 39.8. The molecule has 0 unspecified atom stereocenters. The Balaban J connectivity index is 2.64. The molecule has 2 aromatic rings. The van der Waals surface area contributed by atoms with Gasteiger partial charge in [-0.2, -0.15) is 18.3 Å². The van der Waals surface area contributed by atoms with Crippen molar-refractivity contribution in [1.29, 1.82) is 0 Å². The molecule has 0 aliphatic rings. The van der Waals surface area contributed by atoms with Crippen molar-refractivity contribution < 1.29 is 18.0 Å². The lowest BCUT2D eigenvalue weighted by Crippen LogP contribution is -2.08.